The Morgan fingerprint density at radius 1 is 1.23 bits per heavy atom. The van der Waals surface area contributed by atoms with E-state index in [-0.39, 0.29) is 12.0 Å². The molecular formula is C22H28N8. The molecule has 0 spiro atoms. The third-order valence-corrected chi connectivity index (χ3v) is 5.43. The predicted molar refractivity (Wildman–Crippen MR) is 120 cm³/mol. The van der Waals surface area contributed by atoms with Gasteiger partial charge in [0.05, 0.1) is 29.3 Å². The number of imidazole rings is 1. The van der Waals surface area contributed by atoms with E-state index in [0.717, 1.165) is 55.6 Å². The summed E-state index contributed by atoms with van der Waals surface area (Å²) in [4.78, 5) is 15.5. The quantitative estimate of drug-likeness (QED) is 0.231. The summed E-state index contributed by atoms with van der Waals surface area (Å²) in [5.41, 5.74) is 15.2. The van der Waals surface area contributed by atoms with E-state index in [9.17, 15) is 0 Å². The van der Waals surface area contributed by atoms with Gasteiger partial charge in [-0.3, -0.25) is 9.88 Å². The van der Waals surface area contributed by atoms with Crippen molar-refractivity contribution < 1.29 is 0 Å². The summed E-state index contributed by atoms with van der Waals surface area (Å²) in [6, 6.07) is 12.7. The molecule has 2 aromatic heterocycles. The number of pyridine rings is 1. The lowest BCUT2D eigenvalue weighted by atomic mass is 9.90. The number of hydrogen-bond acceptors (Lipinski definition) is 5. The van der Waals surface area contributed by atoms with E-state index in [0.29, 0.717) is 0 Å². The molecule has 0 radical (unpaired) electrons. The number of benzene rings is 1. The number of nitrogens with zero attached hydrogens (tertiary/aromatic N) is 5. The van der Waals surface area contributed by atoms with Gasteiger partial charge in [0.15, 0.2) is 0 Å². The molecule has 4 rings (SSSR count). The maximum Gasteiger partial charge on any atom is 0.211 e. The molecule has 0 saturated carbocycles. The van der Waals surface area contributed by atoms with E-state index in [4.69, 9.17) is 21.4 Å². The van der Waals surface area contributed by atoms with E-state index >= 15 is 0 Å². The second-order valence-corrected chi connectivity index (χ2v) is 7.59. The molecule has 1 aliphatic rings. The number of aryl methyl sites for hydroxylation is 1. The number of para-hydroxylation sites is 2. The van der Waals surface area contributed by atoms with Crippen molar-refractivity contribution >= 4 is 23.2 Å². The Balaban J connectivity index is 1.52. The van der Waals surface area contributed by atoms with Gasteiger partial charge in [0.25, 0.3) is 0 Å². The molecule has 1 aromatic carbocycles. The minimum atomic E-state index is -0.0253. The van der Waals surface area contributed by atoms with Crippen LogP contribution in [0.4, 0.5) is 0 Å². The molecule has 8 nitrogen and oxygen atoms in total. The molecule has 0 fully saturated rings. The molecule has 0 bridgehead atoms. The van der Waals surface area contributed by atoms with Crippen LogP contribution in [0.3, 0.4) is 0 Å². The number of aromatic nitrogens is 3. The van der Waals surface area contributed by atoms with Crippen molar-refractivity contribution in [1.29, 1.82) is 0 Å². The van der Waals surface area contributed by atoms with Crippen LogP contribution in [0.5, 0.6) is 0 Å². The third kappa shape index (κ3) is 4.83. The third-order valence-electron chi connectivity index (χ3n) is 5.43. The van der Waals surface area contributed by atoms with Crippen LogP contribution in [0.25, 0.3) is 11.0 Å². The summed E-state index contributed by atoms with van der Waals surface area (Å²) >= 11 is 0. The first-order valence-electron chi connectivity index (χ1n) is 10.4. The smallest absolute Gasteiger partial charge is 0.211 e. The maximum atomic E-state index is 5.30. The van der Waals surface area contributed by atoms with Crippen LogP contribution in [0, 0.1) is 0 Å². The summed E-state index contributed by atoms with van der Waals surface area (Å²) in [6.45, 7) is 1.66. The second-order valence-electron chi connectivity index (χ2n) is 7.59. The number of hydrogen-bond donors (Lipinski definition) is 3. The average Bonchev–Trinajstić information content (AvgIpc) is 3.17. The topological polar surface area (TPSA) is 122 Å². The Labute approximate surface area is 176 Å². The Morgan fingerprint density at radius 3 is 3.00 bits per heavy atom. The molecule has 1 unspecified atom stereocenters. The van der Waals surface area contributed by atoms with Gasteiger partial charge in [-0.1, -0.05) is 18.2 Å². The summed E-state index contributed by atoms with van der Waals surface area (Å²) in [6.07, 6.45) is 8.78. The number of guanidine groups is 1. The van der Waals surface area contributed by atoms with Crippen molar-refractivity contribution in [1.82, 2.24) is 19.9 Å². The molecule has 3 aromatic rings. The van der Waals surface area contributed by atoms with Crippen LogP contribution in [0.2, 0.25) is 0 Å². The van der Waals surface area contributed by atoms with E-state index in [1.54, 1.807) is 6.21 Å². The van der Waals surface area contributed by atoms with E-state index in [1.165, 1.54) is 17.7 Å². The number of aromatic amines is 1. The van der Waals surface area contributed by atoms with Gasteiger partial charge < -0.3 is 16.5 Å². The monoisotopic (exact) mass is 404 g/mol. The maximum absolute atomic E-state index is 5.30. The SMILES string of the molecule is NC(N)=NN=CCCCN(Cc1nc2ccccc2[nH]1)C1CCCc2cccnc21. The molecule has 0 saturated heterocycles. The van der Waals surface area contributed by atoms with Gasteiger partial charge in [-0.15, -0.1) is 5.10 Å². The molecule has 30 heavy (non-hydrogen) atoms. The first kappa shape index (κ1) is 20.0. The number of fused-ring (bicyclic) bond motifs is 2. The summed E-state index contributed by atoms with van der Waals surface area (Å²) < 4.78 is 0. The molecule has 0 amide bonds. The Hall–Kier alpha value is -3.26. The molecule has 2 heterocycles. The van der Waals surface area contributed by atoms with Crippen molar-refractivity contribution in [3.05, 3.63) is 59.7 Å². The summed E-state index contributed by atoms with van der Waals surface area (Å²) in [5, 5.41) is 7.55. The average molecular weight is 405 g/mol. The lowest BCUT2D eigenvalue weighted by molar-refractivity contribution is 0.161. The van der Waals surface area contributed by atoms with Gasteiger partial charge >= 0.3 is 0 Å². The van der Waals surface area contributed by atoms with Crippen molar-refractivity contribution in [2.75, 3.05) is 6.54 Å². The highest BCUT2D eigenvalue weighted by Gasteiger charge is 2.27. The number of unbranched alkanes of at least 4 members (excludes halogenated alkanes) is 1. The van der Waals surface area contributed by atoms with Crippen LogP contribution in [-0.4, -0.2) is 38.6 Å². The molecular weight excluding hydrogens is 376 g/mol. The van der Waals surface area contributed by atoms with Crippen molar-refractivity contribution in [3.63, 3.8) is 0 Å². The van der Waals surface area contributed by atoms with Gasteiger partial charge in [-0.05, 0) is 62.4 Å². The van der Waals surface area contributed by atoms with E-state index in [2.05, 4.69) is 32.2 Å². The number of nitrogens with two attached hydrogens (primary N) is 2. The number of H-pyrrole nitrogens is 1. The molecule has 1 aliphatic carbocycles. The Kier molecular flexibility index (Phi) is 6.34. The highest BCUT2D eigenvalue weighted by molar-refractivity contribution is 5.76. The molecule has 5 N–H and O–H groups in total. The standard InChI is InChI=1S/C22H28N8/c23-22(24)29-26-13-3-4-14-30(15-20-27-17-9-1-2-10-18(17)28-20)19-11-5-7-16-8-6-12-25-21(16)19/h1-2,6,8-10,12-13,19H,3-5,7,11,14-15H2,(H,27,28)(H4,23,24,29). The molecule has 156 valence electrons. The minimum absolute atomic E-state index is 0.0253. The first-order valence-corrected chi connectivity index (χ1v) is 10.4. The van der Waals surface area contributed by atoms with Crippen molar-refractivity contribution in [3.8, 4) is 0 Å². The lowest BCUT2D eigenvalue weighted by Crippen LogP contribution is -2.33. The van der Waals surface area contributed by atoms with Gasteiger partial charge in [0, 0.05) is 12.4 Å². The number of nitrogens with one attached hydrogen (secondary N) is 1. The summed E-state index contributed by atoms with van der Waals surface area (Å²) in [7, 11) is 0. The van der Waals surface area contributed by atoms with Crippen LogP contribution in [0.15, 0.2) is 52.8 Å². The van der Waals surface area contributed by atoms with E-state index in [1.807, 2.05) is 30.5 Å². The number of rotatable bonds is 8. The van der Waals surface area contributed by atoms with Gasteiger partial charge in [-0.25, -0.2) is 4.98 Å². The van der Waals surface area contributed by atoms with Crippen molar-refractivity contribution in [2.45, 2.75) is 44.7 Å². The molecule has 1 atom stereocenters. The van der Waals surface area contributed by atoms with Crippen LogP contribution in [0.1, 0.15) is 48.8 Å². The predicted octanol–water partition coefficient (Wildman–Crippen LogP) is 2.88. The zero-order valence-electron chi connectivity index (χ0n) is 17.0. The Bertz CT molecular complexity index is 1000. The minimum Gasteiger partial charge on any atom is -0.369 e. The first-order chi connectivity index (χ1) is 14.7. The van der Waals surface area contributed by atoms with Gasteiger partial charge in [-0.2, -0.15) is 5.10 Å². The largest absolute Gasteiger partial charge is 0.369 e. The highest BCUT2D eigenvalue weighted by Crippen LogP contribution is 2.33. The normalized spacial score (nSPS) is 16.2. The fourth-order valence-electron chi connectivity index (χ4n) is 4.11. The van der Waals surface area contributed by atoms with Gasteiger partial charge in [0.2, 0.25) is 5.96 Å². The lowest BCUT2D eigenvalue weighted by Gasteiger charge is -2.34. The van der Waals surface area contributed by atoms with Crippen molar-refractivity contribution in [2.24, 2.45) is 21.7 Å². The molecule has 0 aliphatic heterocycles. The van der Waals surface area contributed by atoms with Crippen LogP contribution < -0.4 is 11.5 Å². The highest BCUT2D eigenvalue weighted by atomic mass is 15.3. The van der Waals surface area contributed by atoms with E-state index < -0.39 is 0 Å². The fourth-order valence-corrected chi connectivity index (χ4v) is 4.11. The zero-order chi connectivity index (χ0) is 20.8. The fraction of sp³-hybridized carbons (Fsp3) is 0.364. The second kappa shape index (κ2) is 9.49. The molecule has 8 heteroatoms. The zero-order valence-corrected chi connectivity index (χ0v) is 17.0. The Morgan fingerprint density at radius 2 is 2.13 bits per heavy atom. The van der Waals surface area contributed by atoms with Crippen LogP contribution >= 0.6 is 0 Å². The summed E-state index contributed by atoms with van der Waals surface area (Å²) in [5.74, 6) is 0.955. The van der Waals surface area contributed by atoms with Gasteiger partial charge in [0.1, 0.15) is 5.82 Å². The van der Waals surface area contributed by atoms with Crippen LogP contribution in [-0.2, 0) is 13.0 Å².